The molecule has 2 aliphatic carbocycles. The molecule has 0 saturated heterocycles. The van der Waals surface area contributed by atoms with Crippen LogP contribution in [0, 0.1) is 5.92 Å². The number of rotatable bonds is 5. The molecule has 3 N–H and O–H groups in total. The zero-order valence-electron chi connectivity index (χ0n) is 11.8. The van der Waals surface area contributed by atoms with Gasteiger partial charge in [0.2, 0.25) is 10.0 Å². The van der Waals surface area contributed by atoms with Gasteiger partial charge in [0.1, 0.15) is 0 Å². The molecule has 0 radical (unpaired) electrons. The highest BCUT2D eigenvalue weighted by molar-refractivity contribution is 7.88. The van der Waals surface area contributed by atoms with Crippen LogP contribution in [0.2, 0.25) is 0 Å². The minimum atomic E-state index is -3.41. The molecule has 4 atom stereocenters. The number of hydrogen-bond acceptors (Lipinski definition) is 6. The molecule has 0 amide bonds. The second-order valence-corrected chi connectivity index (χ2v) is 7.89. The van der Waals surface area contributed by atoms with Gasteiger partial charge in [-0.1, -0.05) is 5.21 Å². The minimum absolute atomic E-state index is 0.256. The summed E-state index contributed by atoms with van der Waals surface area (Å²) in [6.45, 7) is 0.417. The smallest absolute Gasteiger partial charge is 0.209 e. The van der Waals surface area contributed by atoms with Crippen molar-refractivity contribution in [3.63, 3.8) is 0 Å². The molecule has 2 aliphatic rings. The van der Waals surface area contributed by atoms with E-state index < -0.39 is 28.3 Å². The predicted octanol–water partition coefficient (Wildman–Crippen LogP) is -1.18. The van der Waals surface area contributed by atoms with Crippen molar-refractivity contribution in [1.29, 1.82) is 0 Å². The van der Waals surface area contributed by atoms with Crippen molar-refractivity contribution in [3.05, 3.63) is 11.9 Å². The monoisotopic (exact) mass is 316 g/mol. The summed E-state index contributed by atoms with van der Waals surface area (Å²) in [4.78, 5) is 0. The maximum atomic E-state index is 11.3. The molecule has 21 heavy (non-hydrogen) atoms. The van der Waals surface area contributed by atoms with Crippen LogP contribution in [0.3, 0.4) is 0 Å². The Hall–Kier alpha value is -1.03. The molecule has 4 unspecified atom stereocenters. The highest BCUT2D eigenvalue weighted by Gasteiger charge is 2.42. The molecule has 0 bridgehead atoms. The fourth-order valence-corrected chi connectivity index (χ4v) is 3.69. The van der Waals surface area contributed by atoms with E-state index in [2.05, 4.69) is 15.0 Å². The Labute approximate surface area is 123 Å². The minimum Gasteiger partial charge on any atom is -0.390 e. The molecule has 2 fully saturated rings. The largest absolute Gasteiger partial charge is 0.390 e. The SMILES string of the molecule is CS(=O)(=O)NC1CC(Cn2cc(C3CC3)nn2)C(O)C1O. The van der Waals surface area contributed by atoms with Crippen LogP contribution in [0.5, 0.6) is 0 Å². The third-order valence-electron chi connectivity index (χ3n) is 4.14. The fraction of sp³-hybridized carbons (Fsp3) is 0.833. The van der Waals surface area contributed by atoms with Gasteiger partial charge in [0, 0.05) is 24.6 Å². The summed E-state index contributed by atoms with van der Waals surface area (Å²) in [5.74, 6) is 0.255. The summed E-state index contributed by atoms with van der Waals surface area (Å²) in [5, 5.41) is 28.2. The van der Waals surface area contributed by atoms with Crippen LogP contribution >= 0.6 is 0 Å². The zero-order chi connectivity index (χ0) is 15.2. The number of nitrogens with one attached hydrogen (secondary N) is 1. The van der Waals surface area contributed by atoms with E-state index in [1.165, 1.54) is 0 Å². The first-order valence-electron chi connectivity index (χ1n) is 7.07. The summed E-state index contributed by atoms with van der Waals surface area (Å²) in [6.07, 6.45) is 3.49. The second kappa shape index (κ2) is 5.31. The Morgan fingerprint density at radius 3 is 2.71 bits per heavy atom. The lowest BCUT2D eigenvalue weighted by Crippen LogP contribution is -2.42. The van der Waals surface area contributed by atoms with Crippen molar-refractivity contribution in [2.24, 2.45) is 5.92 Å². The molecule has 8 nitrogen and oxygen atoms in total. The van der Waals surface area contributed by atoms with E-state index in [0.717, 1.165) is 24.8 Å². The summed E-state index contributed by atoms with van der Waals surface area (Å²) in [7, 11) is -3.41. The van der Waals surface area contributed by atoms with Gasteiger partial charge in [-0.05, 0) is 19.3 Å². The number of aromatic nitrogens is 3. The van der Waals surface area contributed by atoms with Crippen LogP contribution in [0.4, 0.5) is 0 Å². The molecular weight excluding hydrogens is 296 g/mol. The van der Waals surface area contributed by atoms with Crippen molar-refractivity contribution in [2.75, 3.05) is 6.26 Å². The molecule has 0 aromatic carbocycles. The number of aliphatic hydroxyl groups excluding tert-OH is 2. The lowest BCUT2D eigenvalue weighted by molar-refractivity contribution is 0.00974. The van der Waals surface area contributed by atoms with Crippen molar-refractivity contribution >= 4 is 10.0 Å². The maximum Gasteiger partial charge on any atom is 0.209 e. The number of sulfonamides is 1. The zero-order valence-corrected chi connectivity index (χ0v) is 12.6. The van der Waals surface area contributed by atoms with Crippen molar-refractivity contribution in [1.82, 2.24) is 19.7 Å². The molecule has 0 aliphatic heterocycles. The van der Waals surface area contributed by atoms with E-state index in [0.29, 0.717) is 18.9 Å². The van der Waals surface area contributed by atoms with Crippen LogP contribution in [0.1, 0.15) is 30.9 Å². The third-order valence-corrected chi connectivity index (χ3v) is 4.87. The summed E-state index contributed by atoms with van der Waals surface area (Å²) in [6, 6.07) is -0.661. The molecule has 1 aromatic heterocycles. The van der Waals surface area contributed by atoms with Gasteiger partial charge in [-0.15, -0.1) is 5.10 Å². The van der Waals surface area contributed by atoms with E-state index in [1.54, 1.807) is 4.68 Å². The van der Waals surface area contributed by atoms with Gasteiger partial charge in [-0.25, -0.2) is 13.1 Å². The highest BCUT2D eigenvalue weighted by Crippen LogP contribution is 2.38. The average Bonchev–Trinajstić information content (AvgIpc) is 3.09. The average molecular weight is 316 g/mol. The Morgan fingerprint density at radius 1 is 1.38 bits per heavy atom. The third kappa shape index (κ3) is 3.42. The molecule has 118 valence electrons. The maximum absolute atomic E-state index is 11.3. The Morgan fingerprint density at radius 2 is 2.10 bits per heavy atom. The van der Waals surface area contributed by atoms with E-state index in [1.807, 2.05) is 6.20 Å². The van der Waals surface area contributed by atoms with Crippen molar-refractivity contribution in [2.45, 2.75) is 50.0 Å². The predicted molar refractivity (Wildman–Crippen MR) is 73.9 cm³/mol. The number of aliphatic hydroxyl groups is 2. The van der Waals surface area contributed by atoms with Crippen LogP contribution in [-0.4, -0.2) is 58.1 Å². The van der Waals surface area contributed by atoms with Crippen LogP contribution in [0.15, 0.2) is 6.20 Å². The van der Waals surface area contributed by atoms with Gasteiger partial charge in [0.25, 0.3) is 0 Å². The molecule has 1 heterocycles. The summed E-state index contributed by atoms with van der Waals surface area (Å²) < 4.78 is 26.5. The molecule has 0 spiro atoms. The Kier molecular flexibility index (Phi) is 3.76. The molecule has 2 saturated carbocycles. The van der Waals surface area contributed by atoms with Gasteiger partial charge < -0.3 is 10.2 Å². The van der Waals surface area contributed by atoms with E-state index in [4.69, 9.17) is 0 Å². The fourth-order valence-electron chi connectivity index (χ4n) is 2.91. The summed E-state index contributed by atoms with van der Waals surface area (Å²) in [5.41, 5.74) is 0.967. The van der Waals surface area contributed by atoms with E-state index in [9.17, 15) is 18.6 Å². The lowest BCUT2D eigenvalue weighted by atomic mass is 10.1. The molecule has 3 rings (SSSR count). The second-order valence-electron chi connectivity index (χ2n) is 6.11. The first kappa shape index (κ1) is 14.9. The van der Waals surface area contributed by atoms with Gasteiger partial charge in [0.05, 0.1) is 30.2 Å². The number of nitrogens with zero attached hydrogens (tertiary/aromatic N) is 3. The van der Waals surface area contributed by atoms with Crippen LogP contribution < -0.4 is 4.72 Å². The van der Waals surface area contributed by atoms with Crippen molar-refractivity contribution < 1.29 is 18.6 Å². The normalized spacial score (nSPS) is 33.5. The quantitative estimate of drug-likeness (QED) is 0.629. The standard InChI is InChI=1S/C12H20N4O4S/c1-21(19,20)14-9-4-8(11(17)12(9)18)5-16-6-10(13-15-16)7-2-3-7/h6-9,11-12,14,17-18H,2-5H2,1H3. The lowest BCUT2D eigenvalue weighted by Gasteiger charge is -2.17. The summed E-state index contributed by atoms with van der Waals surface area (Å²) >= 11 is 0. The number of hydrogen-bond donors (Lipinski definition) is 3. The van der Waals surface area contributed by atoms with E-state index in [-0.39, 0.29) is 5.92 Å². The van der Waals surface area contributed by atoms with Gasteiger partial charge in [0.15, 0.2) is 0 Å². The first-order valence-corrected chi connectivity index (χ1v) is 8.96. The molecular formula is C12H20N4O4S. The van der Waals surface area contributed by atoms with Gasteiger partial charge >= 0.3 is 0 Å². The Balaban J connectivity index is 1.64. The van der Waals surface area contributed by atoms with Crippen LogP contribution in [-0.2, 0) is 16.6 Å². The van der Waals surface area contributed by atoms with E-state index >= 15 is 0 Å². The van der Waals surface area contributed by atoms with Crippen molar-refractivity contribution in [3.8, 4) is 0 Å². The molecule has 1 aromatic rings. The first-order chi connectivity index (χ1) is 9.83. The Bertz CT molecular complexity index is 613. The van der Waals surface area contributed by atoms with Crippen LogP contribution in [0.25, 0.3) is 0 Å². The molecule has 9 heteroatoms. The van der Waals surface area contributed by atoms with Gasteiger partial charge in [-0.2, -0.15) is 0 Å². The highest BCUT2D eigenvalue weighted by atomic mass is 32.2. The topological polar surface area (TPSA) is 117 Å². The van der Waals surface area contributed by atoms with Gasteiger partial charge in [-0.3, -0.25) is 4.68 Å².